The van der Waals surface area contributed by atoms with Gasteiger partial charge in [0.05, 0.1) is 24.8 Å². The number of nitrogens with one attached hydrogen (secondary N) is 1. The molecule has 0 spiro atoms. The van der Waals surface area contributed by atoms with Gasteiger partial charge < -0.3 is 14.8 Å². The van der Waals surface area contributed by atoms with Crippen molar-refractivity contribution in [3.05, 3.63) is 46.5 Å². The first-order valence-corrected chi connectivity index (χ1v) is 8.22. The zero-order valence-electron chi connectivity index (χ0n) is 15.2. The summed E-state index contributed by atoms with van der Waals surface area (Å²) in [5.41, 5.74) is 5.10. The first-order chi connectivity index (χ1) is 11.4. The van der Waals surface area contributed by atoms with Crippen LogP contribution in [0.3, 0.4) is 0 Å². The summed E-state index contributed by atoms with van der Waals surface area (Å²) in [4.78, 5) is 11.7. The lowest BCUT2D eigenvalue weighted by Crippen LogP contribution is -2.42. The number of rotatable bonds is 6. The van der Waals surface area contributed by atoms with E-state index in [1.165, 1.54) is 18.3 Å². The highest BCUT2D eigenvalue weighted by molar-refractivity contribution is 5.91. The molecule has 1 atom stereocenters. The minimum absolute atomic E-state index is 0.231. The maximum atomic E-state index is 11.7. The van der Waals surface area contributed by atoms with Crippen molar-refractivity contribution < 1.29 is 14.3 Å². The summed E-state index contributed by atoms with van der Waals surface area (Å²) < 4.78 is 10.3. The molecule has 1 N–H and O–H groups in total. The first kappa shape index (κ1) is 18.3. The monoisotopic (exact) mass is 329 g/mol. The molecule has 2 rings (SSSR count). The van der Waals surface area contributed by atoms with Crippen molar-refractivity contribution in [2.75, 3.05) is 26.1 Å². The van der Waals surface area contributed by atoms with Gasteiger partial charge >= 0.3 is 5.97 Å². The number of benzene rings is 1. The highest BCUT2D eigenvalue weighted by atomic mass is 16.5. The molecule has 0 amide bonds. The number of hydrogen-bond donors (Lipinski definition) is 1. The smallest absolute Gasteiger partial charge is 0.337 e. The van der Waals surface area contributed by atoms with Gasteiger partial charge in [0.25, 0.3) is 0 Å². The summed E-state index contributed by atoms with van der Waals surface area (Å²) in [5.74, 6) is -0.320. The summed E-state index contributed by atoms with van der Waals surface area (Å²) in [6.45, 7) is 7.06. The van der Waals surface area contributed by atoms with Crippen LogP contribution in [0.4, 0.5) is 5.69 Å². The third-order valence-electron chi connectivity index (χ3n) is 4.64. The van der Waals surface area contributed by atoms with Crippen LogP contribution in [0.15, 0.2) is 35.4 Å². The van der Waals surface area contributed by atoms with Crippen molar-refractivity contribution >= 4 is 17.7 Å². The molecule has 4 nitrogen and oxygen atoms in total. The van der Waals surface area contributed by atoms with Crippen molar-refractivity contribution in [3.8, 4) is 0 Å². The second-order valence-corrected chi connectivity index (χ2v) is 6.62. The minimum Gasteiger partial charge on any atom is -0.465 e. The van der Waals surface area contributed by atoms with Gasteiger partial charge in [-0.3, -0.25) is 0 Å². The molecule has 130 valence electrons. The van der Waals surface area contributed by atoms with Crippen LogP contribution in [-0.2, 0) is 9.47 Å². The molecule has 1 aliphatic heterocycles. The van der Waals surface area contributed by atoms with E-state index in [9.17, 15) is 4.79 Å². The number of carbonyl (C=O) groups is 1. The van der Waals surface area contributed by atoms with Gasteiger partial charge in [0.2, 0.25) is 0 Å². The molecule has 24 heavy (non-hydrogen) atoms. The van der Waals surface area contributed by atoms with E-state index in [4.69, 9.17) is 9.47 Å². The van der Waals surface area contributed by atoms with Gasteiger partial charge in [-0.2, -0.15) is 0 Å². The molecule has 0 bridgehead atoms. The molecule has 1 aromatic rings. The number of anilines is 1. The number of esters is 1. The fourth-order valence-electron chi connectivity index (χ4n) is 2.84. The predicted molar refractivity (Wildman–Crippen MR) is 98.3 cm³/mol. The Kier molecular flexibility index (Phi) is 5.84. The van der Waals surface area contributed by atoms with Crippen molar-refractivity contribution in [2.24, 2.45) is 0 Å². The molecule has 0 aliphatic carbocycles. The van der Waals surface area contributed by atoms with E-state index < -0.39 is 0 Å². The van der Waals surface area contributed by atoms with E-state index in [-0.39, 0.29) is 11.5 Å². The van der Waals surface area contributed by atoms with Crippen LogP contribution in [0.5, 0.6) is 0 Å². The second kappa shape index (κ2) is 7.67. The predicted octanol–water partition coefficient (Wildman–Crippen LogP) is 4.43. The van der Waals surface area contributed by atoms with Gasteiger partial charge in [-0.05, 0) is 57.4 Å². The Morgan fingerprint density at radius 3 is 2.58 bits per heavy atom. The van der Waals surface area contributed by atoms with Crippen LogP contribution < -0.4 is 5.32 Å². The van der Waals surface area contributed by atoms with Crippen LogP contribution in [0.2, 0.25) is 0 Å². The third-order valence-corrected chi connectivity index (χ3v) is 4.64. The Morgan fingerprint density at radius 2 is 1.96 bits per heavy atom. The zero-order chi connectivity index (χ0) is 17.7. The topological polar surface area (TPSA) is 47.6 Å². The molecular weight excluding hydrogens is 302 g/mol. The molecule has 1 heterocycles. The van der Waals surface area contributed by atoms with Crippen LogP contribution in [0.25, 0.3) is 6.08 Å². The Hall–Kier alpha value is -2.07. The van der Waals surface area contributed by atoms with Gasteiger partial charge in [-0.25, -0.2) is 4.79 Å². The summed E-state index contributed by atoms with van der Waals surface area (Å²) in [7, 11) is 3.12. The van der Waals surface area contributed by atoms with E-state index in [0.29, 0.717) is 12.2 Å². The molecule has 0 aromatic heterocycles. The highest BCUT2D eigenvalue weighted by Crippen LogP contribution is 2.33. The lowest BCUT2D eigenvalue weighted by Gasteiger charge is -2.36. The van der Waals surface area contributed by atoms with Crippen molar-refractivity contribution in [3.63, 3.8) is 0 Å². The molecular formula is C20H27NO3. The average molecular weight is 329 g/mol. The number of carbonyl (C=O) groups excluding carboxylic acids is 1. The van der Waals surface area contributed by atoms with E-state index in [1.807, 2.05) is 12.1 Å². The summed E-state index contributed by atoms with van der Waals surface area (Å²) in [6.07, 6.45) is 6.18. The summed E-state index contributed by atoms with van der Waals surface area (Å²) in [5, 5.41) is 3.60. The number of allylic oxidation sites excluding steroid dienone is 2. The number of hydrogen-bond acceptors (Lipinski definition) is 4. The van der Waals surface area contributed by atoms with Crippen LogP contribution >= 0.6 is 0 Å². The lowest BCUT2D eigenvalue weighted by atomic mass is 9.86. The molecule has 1 unspecified atom stereocenters. The number of fused-ring (bicyclic) bond motifs is 1. The standard InChI is InChI=1S/C20H27NO3/c1-14(2)15(3)8-10-20(13-23-4)11-9-16-12-17(19(22)24-5)6-7-18(16)21-20/h6-7,9,11-12,21H,8,10,13H2,1-5H3. The van der Waals surface area contributed by atoms with E-state index in [1.54, 1.807) is 13.2 Å². The van der Waals surface area contributed by atoms with Gasteiger partial charge in [-0.15, -0.1) is 0 Å². The first-order valence-electron chi connectivity index (χ1n) is 8.22. The fourth-order valence-corrected chi connectivity index (χ4v) is 2.84. The van der Waals surface area contributed by atoms with Gasteiger partial charge in [-0.1, -0.05) is 23.3 Å². The molecule has 0 radical (unpaired) electrons. The van der Waals surface area contributed by atoms with Crippen LogP contribution in [-0.4, -0.2) is 32.3 Å². The quantitative estimate of drug-likeness (QED) is 0.619. The van der Waals surface area contributed by atoms with Crippen LogP contribution in [0.1, 0.15) is 49.5 Å². The highest BCUT2D eigenvalue weighted by Gasteiger charge is 2.30. The largest absolute Gasteiger partial charge is 0.465 e. The molecule has 0 fully saturated rings. The number of methoxy groups -OCH3 is 2. The number of ether oxygens (including phenoxy) is 2. The van der Waals surface area contributed by atoms with Gasteiger partial charge in [0.15, 0.2) is 0 Å². The minimum atomic E-state index is -0.320. The average Bonchev–Trinajstić information content (AvgIpc) is 2.58. The molecule has 1 aromatic carbocycles. The summed E-state index contributed by atoms with van der Waals surface area (Å²) >= 11 is 0. The fraction of sp³-hybridized carbons (Fsp3) is 0.450. The second-order valence-electron chi connectivity index (χ2n) is 6.62. The van der Waals surface area contributed by atoms with E-state index >= 15 is 0 Å². The Morgan fingerprint density at radius 1 is 1.21 bits per heavy atom. The van der Waals surface area contributed by atoms with E-state index in [2.05, 4.69) is 38.2 Å². The van der Waals surface area contributed by atoms with E-state index in [0.717, 1.165) is 24.1 Å². The van der Waals surface area contributed by atoms with Crippen LogP contribution in [0, 0.1) is 0 Å². The van der Waals surface area contributed by atoms with Gasteiger partial charge in [0.1, 0.15) is 0 Å². The molecule has 1 aliphatic rings. The van der Waals surface area contributed by atoms with Gasteiger partial charge in [0, 0.05) is 12.8 Å². The third kappa shape index (κ3) is 4.06. The van der Waals surface area contributed by atoms with Crippen molar-refractivity contribution in [2.45, 2.75) is 39.2 Å². The summed E-state index contributed by atoms with van der Waals surface area (Å²) in [6, 6.07) is 5.57. The molecule has 0 saturated heterocycles. The normalized spacial score (nSPS) is 18.5. The lowest BCUT2D eigenvalue weighted by molar-refractivity contribution is 0.0600. The Labute approximate surface area is 144 Å². The molecule has 4 heteroatoms. The maximum absolute atomic E-state index is 11.7. The Balaban J connectivity index is 2.25. The zero-order valence-corrected chi connectivity index (χ0v) is 15.2. The van der Waals surface area contributed by atoms with Crippen molar-refractivity contribution in [1.29, 1.82) is 0 Å². The molecule has 0 saturated carbocycles. The van der Waals surface area contributed by atoms with Crippen molar-refractivity contribution in [1.82, 2.24) is 0 Å². The SMILES string of the molecule is COCC1(CCC(C)=C(C)C)C=Cc2cc(C(=O)OC)ccc2N1. The Bertz CT molecular complexity index is 671. The maximum Gasteiger partial charge on any atom is 0.337 e.